The second-order valence-corrected chi connectivity index (χ2v) is 8.05. The van der Waals surface area contributed by atoms with Crippen LogP contribution in [-0.2, 0) is 6.61 Å². The van der Waals surface area contributed by atoms with Crippen LogP contribution in [0.2, 0.25) is 0 Å². The molecule has 7 nitrogen and oxygen atoms in total. The van der Waals surface area contributed by atoms with E-state index in [1.165, 1.54) is 23.5 Å². The van der Waals surface area contributed by atoms with Crippen LogP contribution in [-0.4, -0.2) is 17.0 Å². The molecule has 0 radical (unpaired) electrons. The topological polar surface area (TPSA) is 98.3 Å². The zero-order valence-corrected chi connectivity index (χ0v) is 19.0. The molecule has 0 aliphatic rings. The third-order valence-corrected chi connectivity index (χ3v) is 5.84. The summed E-state index contributed by atoms with van der Waals surface area (Å²) in [5, 5.41) is 23.0. The monoisotopic (exact) mass is 469 g/mol. The van der Waals surface area contributed by atoms with Crippen molar-refractivity contribution in [1.29, 1.82) is 5.26 Å². The fraction of sp³-hybridized carbons (Fsp3) is 0.0769. The zero-order valence-electron chi connectivity index (χ0n) is 18.2. The summed E-state index contributed by atoms with van der Waals surface area (Å²) in [6, 6.07) is 23.7. The Hall–Kier alpha value is -4.48. The molecule has 34 heavy (non-hydrogen) atoms. The maximum absolute atomic E-state index is 10.9. The molecule has 3 aromatic carbocycles. The summed E-state index contributed by atoms with van der Waals surface area (Å²) in [5.74, 6) is 1.17. The molecule has 1 aromatic heterocycles. The molecule has 168 valence electrons. The van der Waals surface area contributed by atoms with Crippen LogP contribution < -0.4 is 9.47 Å². The molecule has 0 aliphatic carbocycles. The highest BCUT2D eigenvalue weighted by molar-refractivity contribution is 7.11. The summed E-state index contributed by atoms with van der Waals surface area (Å²) < 4.78 is 11.4. The largest absolute Gasteiger partial charge is 0.493 e. The molecule has 8 heteroatoms. The van der Waals surface area contributed by atoms with Crippen molar-refractivity contribution in [3.63, 3.8) is 0 Å². The van der Waals surface area contributed by atoms with Gasteiger partial charge in [0.15, 0.2) is 11.5 Å². The van der Waals surface area contributed by atoms with Crippen LogP contribution in [0.4, 0.5) is 5.69 Å². The Bertz CT molecular complexity index is 1370. The lowest BCUT2D eigenvalue weighted by molar-refractivity contribution is -0.384. The maximum Gasteiger partial charge on any atom is 0.269 e. The standard InChI is InChI=1S/C26H19N3O4S/c1-32-25-14-19(7-12-24(25)33-16-18-5-3-2-4-6-18)13-21(15-27)26-28-23(17-34-26)20-8-10-22(11-9-20)29(30)31/h2-14,17H,16H2,1H3/b21-13+. The quantitative estimate of drug-likeness (QED) is 0.169. The van der Waals surface area contributed by atoms with Crippen molar-refractivity contribution in [3.8, 4) is 28.8 Å². The number of nitro benzene ring substituents is 1. The van der Waals surface area contributed by atoms with Crippen molar-refractivity contribution in [2.24, 2.45) is 0 Å². The van der Waals surface area contributed by atoms with Gasteiger partial charge in [-0.3, -0.25) is 10.1 Å². The predicted octanol–water partition coefficient (Wildman–Crippen LogP) is 6.37. The second-order valence-electron chi connectivity index (χ2n) is 7.20. The van der Waals surface area contributed by atoms with Crippen molar-refractivity contribution >= 4 is 28.7 Å². The van der Waals surface area contributed by atoms with E-state index >= 15 is 0 Å². The molecule has 0 saturated heterocycles. The number of ether oxygens (including phenoxy) is 2. The number of hydrogen-bond donors (Lipinski definition) is 0. The molecule has 0 atom stereocenters. The lowest BCUT2D eigenvalue weighted by Crippen LogP contribution is -1.97. The highest BCUT2D eigenvalue weighted by Gasteiger charge is 2.12. The number of allylic oxidation sites excluding steroid dienone is 1. The van der Waals surface area contributed by atoms with Crippen LogP contribution in [0.3, 0.4) is 0 Å². The summed E-state index contributed by atoms with van der Waals surface area (Å²) in [5.41, 5.74) is 3.63. The van der Waals surface area contributed by atoms with Gasteiger partial charge < -0.3 is 9.47 Å². The average molecular weight is 470 g/mol. The van der Waals surface area contributed by atoms with Gasteiger partial charge in [0.05, 0.1) is 23.3 Å². The van der Waals surface area contributed by atoms with E-state index in [1.54, 1.807) is 25.3 Å². The van der Waals surface area contributed by atoms with E-state index in [0.29, 0.717) is 34.4 Å². The number of nitro groups is 1. The van der Waals surface area contributed by atoms with Gasteiger partial charge in [0.25, 0.3) is 5.69 Å². The lowest BCUT2D eigenvalue weighted by Gasteiger charge is -2.11. The van der Waals surface area contributed by atoms with Crippen molar-refractivity contribution < 1.29 is 14.4 Å². The van der Waals surface area contributed by atoms with Gasteiger partial charge in [-0.2, -0.15) is 5.26 Å². The van der Waals surface area contributed by atoms with Crippen molar-refractivity contribution in [2.45, 2.75) is 6.61 Å². The van der Waals surface area contributed by atoms with Gasteiger partial charge in [0.1, 0.15) is 17.7 Å². The first-order valence-corrected chi connectivity index (χ1v) is 11.1. The third kappa shape index (κ3) is 5.28. The first-order chi connectivity index (χ1) is 16.6. The second kappa shape index (κ2) is 10.4. The van der Waals surface area contributed by atoms with Crippen LogP contribution in [0.5, 0.6) is 11.5 Å². The summed E-state index contributed by atoms with van der Waals surface area (Å²) in [6.07, 6.45) is 1.74. The molecule has 0 N–H and O–H groups in total. The fourth-order valence-electron chi connectivity index (χ4n) is 3.22. The van der Waals surface area contributed by atoms with E-state index in [0.717, 1.165) is 16.7 Å². The minimum atomic E-state index is -0.445. The van der Waals surface area contributed by atoms with E-state index in [2.05, 4.69) is 11.1 Å². The van der Waals surface area contributed by atoms with E-state index in [4.69, 9.17) is 9.47 Å². The van der Waals surface area contributed by atoms with Gasteiger partial charge >= 0.3 is 0 Å². The van der Waals surface area contributed by atoms with Crippen molar-refractivity contribution in [3.05, 3.63) is 104 Å². The minimum Gasteiger partial charge on any atom is -0.493 e. The van der Waals surface area contributed by atoms with Gasteiger partial charge in [0, 0.05) is 23.1 Å². The third-order valence-electron chi connectivity index (χ3n) is 4.96. The van der Waals surface area contributed by atoms with Gasteiger partial charge in [0.2, 0.25) is 0 Å². The van der Waals surface area contributed by atoms with Gasteiger partial charge in [-0.25, -0.2) is 4.98 Å². The molecule has 1 heterocycles. The molecule has 0 bridgehead atoms. The number of benzene rings is 3. The number of hydrogen-bond acceptors (Lipinski definition) is 7. The summed E-state index contributed by atoms with van der Waals surface area (Å²) in [6.45, 7) is 0.417. The smallest absolute Gasteiger partial charge is 0.269 e. The molecular weight excluding hydrogens is 450 g/mol. The van der Waals surface area contributed by atoms with E-state index in [1.807, 2.05) is 53.9 Å². The molecule has 0 unspecified atom stereocenters. The maximum atomic E-state index is 10.9. The fourth-order valence-corrected chi connectivity index (χ4v) is 4.02. The number of non-ortho nitro benzene ring substituents is 1. The number of rotatable bonds is 8. The Kier molecular flexibility index (Phi) is 6.96. The Balaban J connectivity index is 1.54. The number of methoxy groups -OCH3 is 1. The Morgan fingerprint density at radius 2 is 1.88 bits per heavy atom. The number of nitriles is 1. The molecule has 0 spiro atoms. The van der Waals surface area contributed by atoms with E-state index < -0.39 is 4.92 Å². The van der Waals surface area contributed by atoms with Gasteiger partial charge in [-0.05, 0) is 41.5 Å². The Labute approximate surface area is 200 Å². The van der Waals surface area contributed by atoms with Crippen LogP contribution in [0.15, 0.2) is 78.2 Å². The van der Waals surface area contributed by atoms with Crippen molar-refractivity contribution in [1.82, 2.24) is 4.98 Å². The number of nitrogens with zero attached hydrogens (tertiary/aromatic N) is 3. The highest BCUT2D eigenvalue weighted by Crippen LogP contribution is 2.32. The summed E-state index contributed by atoms with van der Waals surface area (Å²) in [4.78, 5) is 15.0. The minimum absolute atomic E-state index is 0.0157. The molecule has 0 fully saturated rings. The summed E-state index contributed by atoms with van der Waals surface area (Å²) >= 11 is 1.33. The average Bonchev–Trinajstić information content (AvgIpc) is 3.37. The Morgan fingerprint density at radius 3 is 2.56 bits per heavy atom. The molecular formula is C26H19N3O4S. The molecule has 0 aliphatic heterocycles. The summed E-state index contributed by atoms with van der Waals surface area (Å²) in [7, 11) is 1.57. The first-order valence-electron chi connectivity index (χ1n) is 10.2. The first kappa shape index (κ1) is 22.7. The van der Waals surface area contributed by atoms with Gasteiger partial charge in [-0.15, -0.1) is 11.3 Å². The highest BCUT2D eigenvalue weighted by atomic mass is 32.1. The number of aromatic nitrogens is 1. The molecule has 0 amide bonds. The molecule has 4 rings (SSSR count). The number of thiazole rings is 1. The predicted molar refractivity (Wildman–Crippen MR) is 131 cm³/mol. The lowest BCUT2D eigenvalue weighted by atomic mass is 10.1. The van der Waals surface area contributed by atoms with Crippen LogP contribution in [0, 0.1) is 21.4 Å². The van der Waals surface area contributed by atoms with Crippen molar-refractivity contribution in [2.75, 3.05) is 7.11 Å². The van der Waals surface area contributed by atoms with E-state index in [-0.39, 0.29) is 5.69 Å². The zero-order chi connectivity index (χ0) is 23.9. The normalized spacial score (nSPS) is 11.0. The van der Waals surface area contributed by atoms with Crippen LogP contribution in [0.25, 0.3) is 22.9 Å². The molecule has 4 aromatic rings. The van der Waals surface area contributed by atoms with Crippen LogP contribution in [0.1, 0.15) is 16.1 Å². The Morgan fingerprint density at radius 1 is 1.12 bits per heavy atom. The SMILES string of the molecule is COc1cc(/C=C(\C#N)c2nc(-c3ccc([N+](=O)[O-])cc3)cs2)ccc1OCc1ccccc1. The van der Waals surface area contributed by atoms with E-state index in [9.17, 15) is 15.4 Å². The molecule has 0 saturated carbocycles. The van der Waals surface area contributed by atoms with Gasteiger partial charge in [-0.1, -0.05) is 36.4 Å². The van der Waals surface area contributed by atoms with Crippen LogP contribution >= 0.6 is 11.3 Å².